The van der Waals surface area contributed by atoms with Gasteiger partial charge in [-0.25, -0.2) is 4.79 Å². The predicted molar refractivity (Wildman–Crippen MR) is 112 cm³/mol. The van der Waals surface area contributed by atoms with Crippen LogP contribution in [-0.4, -0.2) is 21.7 Å². The van der Waals surface area contributed by atoms with Gasteiger partial charge in [0, 0.05) is 11.1 Å². The van der Waals surface area contributed by atoms with Crippen LogP contribution in [0, 0.1) is 19.8 Å². The number of aromatic hydroxyl groups is 1. The molecule has 0 aliphatic rings. The quantitative estimate of drug-likeness (QED) is 0.643. The smallest absolute Gasteiger partial charge is 0.345 e. The summed E-state index contributed by atoms with van der Waals surface area (Å²) in [6.07, 6.45) is 0.957. The first-order valence-electron chi connectivity index (χ1n) is 9.49. The Labute approximate surface area is 165 Å². The molecule has 3 aromatic rings. The monoisotopic (exact) mass is 378 g/mol. The molecule has 2 aromatic carbocycles. The van der Waals surface area contributed by atoms with Gasteiger partial charge in [-0.15, -0.1) is 0 Å². The Kier molecular flexibility index (Phi) is 5.83. The van der Waals surface area contributed by atoms with Crippen LogP contribution in [0.5, 0.6) is 11.5 Å². The molecule has 1 heterocycles. The number of nitrogens with zero attached hydrogens (tertiary/aromatic N) is 1. The van der Waals surface area contributed by atoms with Crippen LogP contribution in [0.4, 0.5) is 0 Å². The number of phenols is 1. The van der Waals surface area contributed by atoms with Gasteiger partial charge in [0.2, 0.25) is 0 Å². The number of nitrogens with one attached hydrogen (secondary N) is 1. The maximum atomic E-state index is 12.3. The summed E-state index contributed by atoms with van der Waals surface area (Å²) < 4.78 is 5.97. The number of benzene rings is 2. The van der Waals surface area contributed by atoms with Gasteiger partial charge in [0.1, 0.15) is 11.5 Å². The maximum absolute atomic E-state index is 12.3. The lowest BCUT2D eigenvalue weighted by Crippen LogP contribution is -2.12. The third-order valence-corrected chi connectivity index (χ3v) is 4.66. The zero-order chi connectivity index (χ0) is 20.3. The van der Waals surface area contributed by atoms with Crippen LogP contribution < -0.4 is 10.4 Å². The van der Waals surface area contributed by atoms with Crippen LogP contribution in [-0.2, 0) is 0 Å². The van der Waals surface area contributed by atoms with Crippen LogP contribution in [0.1, 0.15) is 31.4 Å². The number of hydrogen-bond donors (Lipinski definition) is 2. The number of rotatable bonds is 6. The largest absolute Gasteiger partial charge is 0.507 e. The first-order valence-corrected chi connectivity index (χ1v) is 9.49. The van der Waals surface area contributed by atoms with E-state index in [0.29, 0.717) is 23.9 Å². The summed E-state index contributed by atoms with van der Waals surface area (Å²) in [6, 6.07) is 13.2. The highest BCUT2D eigenvalue weighted by Crippen LogP contribution is 2.32. The summed E-state index contributed by atoms with van der Waals surface area (Å²) in [4.78, 5) is 19.2. The Bertz CT molecular complexity index is 1020. The first-order chi connectivity index (χ1) is 13.3. The van der Waals surface area contributed by atoms with E-state index in [-0.39, 0.29) is 5.75 Å². The van der Waals surface area contributed by atoms with Crippen LogP contribution >= 0.6 is 0 Å². The summed E-state index contributed by atoms with van der Waals surface area (Å²) in [6.45, 7) is 8.59. The van der Waals surface area contributed by atoms with E-state index in [1.54, 1.807) is 0 Å². The van der Waals surface area contributed by atoms with Crippen molar-refractivity contribution in [3.8, 4) is 34.0 Å². The molecule has 0 atom stereocenters. The average Bonchev–Trinajstić information content (AvgIpc) is 2.65. The van der Waals surface area contributed by atoms with Crippen molar-refractivity contribution in [1.82, 2.24) is 9.97 Å². The van der Waals surface area contributed by atoms with Crippen LogP contribution in [0.2, 0.25) is 0 Å². The summed E-state index contributed by atoms with van der Waals surface area (Å²) in [5.41, 5.74) is 3.89. The Morgan fingerprint density at radius 1 is 1.11 bits per heavy atom. The van der Waals surface area contributed by atoms with E-state index in [4.69, 9.17) is 4.74 Å². The van der Waals surface area contributed by atoms with Crippen molar-refractivity contribution in [2.24, 2.45) is 5.92 Å². The molecular weight excluding hydrogens is 352 g/mol. The summed E-state index contributed by atoms with van der Waals surface area (Å²) in [7, 11) is 0. The van der Waals surface area contributed by atoms with Crippen LogP contribution in [0.25, 0.3) is 22.5 Å². The van der Waals surface area contributed by atoms with Gasteiger partial charge in [0.15, 0.2) is 0 Å². The SMILES string of the molecule is Cc1cc(-c2cc(-c3ccccc3OCCC(C)C)[nH]c(=O)n2)cc(C)c1O. The molecule has 0 unspecified atom stereocenters. The third kappa shape index (κ3) is 4.42. The lowest BCUT2D eigenvalue weighted by molar-refractivity contribution is 0.290. The molecule has 28 heavy (non-hydrogen) atoms. The molecule has 3 rings (SSSR count). The molecule has 2 N–H and O–H groups in total. The van der Waals surface area contributed by atoms with Crippen molar-refractivity contribution in [2.75, 3.05) is 6.61 Å². The number of aryl methyl sites for hydroxylation is 2. The zero-order valence-corrected chi connectivity index (χ0v) is 16.7. The van der Waals surface area contributed by atoms with Crippen molar-refractivity contribution < 1.29 is 9.84 Å². The lowest BCUT2D eigenvalue weighted by atomic mass is 10.0. The van der Waals surface area contributed by atoms with Gasteiger partial charge in [-0.1, -0.05) is 26.0 Å². The van der Waals surface area contributed by atoms with Gasteiger partial charge in [-0.2, -0.15) is 4.98 Å². The highest BCUT2D eigenvalue weighted by molar-refractivity contribution is 5.72. The van der Waals surface area contributed by atoms with Crippen molar-refractivity contribution >= 4 is 0 Å². The fourth-order valence-corrected chi connectivity index (χ4v) is 3.07. The minimum atomic E-state index is -0.423. The number of aromatic amines is 1. The van der Waals surface area contributed by atoms with Crippen molar-refractivity contribution in [1.29, 1.82) is 0 Å². The zero-order valence-electron chi connectivity index (χ0n) is 16.7. The molecule has 0 aliphatic carbocycles. The van der Waals surface area contributed by atoms with E-state index < -0.39 is 5.69 Å². The van der Waals surface area contributed by atoms with Crippen molar-refractivity contribution in [3.05, 3.63) is 64.1 Å². The molecule has 1 aromatic heterocycles. The molecule has 0 bridgehead atoms. The summed E-state index contributed by atoms with van der Waals surface area (Å²) in [5, 5.41) is 10.0. The van der Waals surface area contributed by atoms with E-state index >= 15 is 0 Å². The fourth-order valence-electron chi connectivity index (χ4n) is 3.07. The van der Waals surface area contributed by atoms with Crippen LogP contribution in [0.3, 0.4) is 0 Å². The van der Waals surface area contributed by atoms with E-state index in [9.17, 15) is 9.90 Å². The molecule has 5 heteroatoms. The highest BCUT2D eigenvalue weighted by Gasteiger charge is 2.12. The molecule has 0 radical (unpaired) electrons. The second-order valence-electron chi connectivity index (χ2n) is 7.47. The van der Waals surface area contributed by atoms with Gasteiger partial charge in [0.05, 0.1) is 18.0 Å². The molecule has 5 nitrogen and oxygen atoms in total. The van der Waals surface area contributed by atoms with Gasteiger partial charge in [-0.05, 0) is 67.6 Å². The average molecular weight is 378 g/mol. The normalized spacial score (nSPS) is 11.0. The van der Waals surface area contributed by atoms with Crippen molar-refractivity contribution in [2.45, 2.75) is 34.1 Å². The number of aromatic nitrogens is 2. The number of para-hydroxylation sites is 1. The van der Waals surface area contributed by atoms with Gasteiger partial charge < -0.3 is 14.8 Å². The fraction of sp³-hybridized carbons (Fsp3) is 0.304. The Morgan fingerprint density at radius 3 is 2.46 bits per heavy atom. The minimum absolute atomic E-state index is 0.262. The molecule has 0 saturated carbocycles. The van der Waals surface area contributed by atoms with E-state index in [1.807, 2.05) is 56.3 Å². The maximum Gasteiger partial charge on any atom is 0.345 e. The standard InChI is InChI=1S/C23H26N2O3/c1-14(2)9-10-28-21-8-6-5-7-18(21)20-13-19(24-23(27)25-20)17-11-15(3)22(26)16(4)12-17/h5-8,11-14,26H,9-10H2,1-4H3,(H,24,25,27). The molecule has 146 valence electrons. The Morgan fingerprint density at radius 2 is 1.79 bits per heavy atom. The molecule has 0 saturated heterocycles. The Balaban J connectivity index is 2.02. The van der Waals surface area contributed by atoms with Crippen LogP contribution in [0.15, 0.2) is 47.3 Å². The predicted octanol–water partition coefficient (Wildman–Crippen LogP) is 4.85. The number of H-pyrrole nitrogens is 1. The topological polar surface area (TPSA) is 75.2 Å². The van der Waals surface area contributed by atoms with E-state index in [2.05, 4.69) is 23.8 Å². The van der Waals surface area contributed by atoms with Gasteiger partial charge in [0.25, 0.3) is 0 Å². The third-order valence-electron chi connectivity index (χ3n) is 4.66. The van der Waals surface area contributed by atoms with Gasteiger partial charge in [-0.3, -0.25) is 0 Å². The van der Waals surface area contributed by atoms with E-state index in [1.165, 1.54) is 0 Å². The lowest BCUT2D eigenvalue weighted by Gasteiger charge is -2.13. The first kappa shape index (κ1) is 19.7. The number of ether oxygens (including phenoxy) is 1. The van der Waals surface area contributed by atoms with Gasteiger partial charge >= 0.3 is 5.69 Å². The highest BCUT2D eigenvalue weighted by atomic mass is 16.5. The van der Waals surface area contributed by atoms with E-state index in [0.717, 1.165) is 34.4 Å². The van der Waals surface area contributed by atoms with Crippen molar-refractivity contribution in [3.63, 3.8) is 0 Å². The molecule has 0 aliphatic heterocycles. The molecule has 0 fully saturated rings. The second kappa shape index (κ2) is 8.30. The molecule has 0 spiro atoms. The summed E-state index contributed by atoms with van der Waals surface area (Å²) in [5.74, 6) is 1.55. The molecular formula is C23H26N2O3. The second-order valence-corrected chi connectivity index (χ2v) is 7.47. The molecule has 0 amide bonds. The number of phenolic OH excluding ortho intramolecular Hbond substituents is 1. The Hall–Kier alpha value is -3.08. The number of hydrogen-bond acceptors (Lipinski definition) is 4. The minimum Gasteiger partial charge on any atom is -0.507 e. The summed E-state index contributed by atoms with van der Waals surface area (Å²) >= 11 is 0.